The van der Waals surface area contributed by atoms with Crippen LogP contribution in [0.15, 0.2) is 35.1 Å². The highest BCUT2D eigenvalue weighted by molar-refractivity contribution is 5.77. The summed E-state index contributed by atoms with van der Waals surface area (Å²) in [6.45, 7) is 7.65. The van der Waals surface area contributed by atoms with E-state index < -0.39 is 0 Å². The lowest BCUT2D eigenvalue weighted by Gasteiger charge is -2.34. The van der Waals surface area contributed by atoms with Crippen molar-refractivity contribution in [3.8, 4) is 5.69 Å². The molecule has 0 aliphatic carbocycles. The molecule has 1 fully saturated rings. The lowest BCUT2D eigenvalue weighted by Crippen LogP contribution is -2.41. The topological polar surface area (TPSA) is 60.1 Å². The van der Waals surface area contributed by atoms with Crippen molar-refractivity contribution in [1.82, 2.24) is 19.2 Å². The molecule has 6 heteroatoms. The van der Waals surface area contributed by atoms with Gasteiger partial charge in [0.2, 0.25) is 5.91 Å². The van der Waals surface area contributed by atoms with Crippen LogP contribution in [0.1, 0.15) is 51.8 Å². The zero-order valence-corrected chi connectivity index (χ0v) is 16.1. The molecule has 0 N–H and O–H groups in total. The van der Waals surface area contributed by atoms with Crippen LogP contribution in [0.5, 0.6) is 0 Å². The smallest absolute Gasteiger partial charge is 0.342 e. The quantitative estimate of drug-likeness (QED) is 0.849. The van der Waals surface area contributed by atoms with Crippen LogP contribution >= 0.6 is 0 Å². The molecule has 140 valence electrons. The van der Waals surface area contributed by atoms with Crippen LogP contribution in [0.3, 0.4) is 0 Å². The second-order valence-corrected chi connectivity index (χ2v) is 8.35. The van der Waals surface area contributed by atoms with Crippen molar-refractivity contribution in [1.29, 1.82) is 0 Å². The first kappa shape index (κ1) is 18.4. The largest absolute Gasteiger partial charge is 0.350 e. The predicted molar refractivity (Wildman–Crippen MR) is 101 cm³/mol. The first-order valence-electron chi connectivity index (χ1n) is 9.25. The van der Waals surface area contributed by atoms with Crippen LogP contribution in [0.4, 0.5) is 0 Å². The van der Waals surface area contributed by atoms with Crippen LogP contribution < -0.4 is 5.69 Å². The molecule has 1 aliphatic heterocycles. The summed E-state index contributed by atoms with van der Waals surface area (Å²) in [4.78, 5) is 27.2. The molecule has 6 nitrogen and oxygen atoms in total. The van der Waals surface area contributed by atoms with Gasteiger partial charge in [-0.15, -0.1) is 0 Å². The Kier molecular flexibility index (Phi) is 5.03. The monoisotopic (exact) mass is 356 g/mol. The summed E-state index contributed by atoms with van der Waals surface area (Å²) in [5.74, 6) is 1.01. The highest BCUT2D eigenvalue weighted by Gasteiger charge is 2.31. The van der Waals surface area contributed by atoms with E-state index in [1.165, 1.54) is 4.68 Å². The third kappa shape index (κ3) is 3.89. The number of hydrogen-bond donors (Lipinski definition) is 0. The molecule has 1 aromatic carbocycles. The van der Waals surface area contributed by atoms with E-state index in [2.05, 4.69) is 25.9 Å². The highest BCUT2D eigenvalue weighted by atomic mass is 16.2. The van der Waals surface area contributed by atoms with E-state index in [4.69, 9.17) is 0 Å². The van der Waals surface area contributed by atoms with Crippen molar-refractivity contribution in [3.05, 3.63) is 46.6 Å². The maximum Gasteiger partial charge on any atom is 0.350 e. The third-order valence-electron chi connectivity index (χ3n) is 4.78. The van der Waals surface area contributed by atoms with Gasteiger partial charge in [0.1, 0.15) is 5.82 Å². The van der Waals surface area contributed by atoms with Crippen molar-refractivity contribution in [2.75, 3.05) is 13.1 Å². The Balaban J connectivity index is 1.89. The molecule has 0 bridgehead atoms. The number of benzene rings is 1. The minimum atomic E-state index is -0.149. The molecular weight excluding hydrogens is 328 g/mol. The van der Waals surface area contributed by atoms with E-state index in [0.29, 0.717) is 13.0 Å². The number of carbonyl (C=O) groups is 1. The highest BCUT2D eigenvalue weighted by Crippen LogP contribution is 2.28. The summed E-state index contributed by atoms with van der Waals surface area (Å²) >= 11 is 0. The lowest BCUT2D eigenvalue weighted by molar-refractivity contribution is -0.134. The number of nitrogens with zero attached hydrogens (tertiary/aromatic N) is 4. The first-order valence-corrected chi connectivity index (χ1v) is 9.25. The van der Waals surface area contributed by atoms with E-state index in [1.54, 1.807) is 11.6 Å². The second-order valence-electron chi connectivity index (χ2n) is 8.35. The van der Waals surface area contributed by atoms with Crippen molar-refractivity contribution >= 4 is 5.91 Å². The van der Waals surface area contributed by atoms with Gasteiger partial charge in [0.15, 0.2) is 0 Å². The molecule has 1 saturated heterocycles. The zero-order chi connectivity index (χ0) is 18.9. The molecule has 1 unspecified atom stereocenters. The average molecular weight is 356 g/mol. The Hall–Kier alpha value is -2.37. The summed E-state index contributed by atoms with van der Waals surface area (Å²) in [6.07, 6.45) is 2.40. The Morgan fingerprint density at radius 3 is 2.58 bits per heavy atom. The van der Waals surface area contributed by atoms with Crippen molar-refractivity contribution < 1.29 is 4.79 Å². The van der Waals surface area contributed by atoms with Gasteiger partial charge in [0, 0.05) is 32.5 Å². The minimum Gasteiger partial charge on any atom is -0.342 e. The van der Waals surface area contributed by atoms with Crippen molar-refractivity contribution in [2.45, 2.75) is 46.0 Å². The lowest BCUT2D eigenvalue weighted by atomic mass is 9.90. The summed E-state index contributed by atoms with van der Waals surface area (Å²) in [6, 6.07) is 9.59. The molecule has 0 saturated carbocycles. The van der Waals surface area contributed by atoms with Gasteiger partial charge in [0.05, 0.1) is 5.69 Å². The SMILES string of the molecule is Cn1nc(C2CCCN(C(=O)CC(C)(C)C)C2)n(-c2ccccc2)c1=O. The molecule has 1 aliphatic rings. The fourth-order valence-corrected chi connectivity index (χ4v) is 3.55. The summed E-state index contributed by atoms with van der Waals surface area (Å²) in [7, 11) is 1.68. The molecule has 2 heterocycles. The number of piperidine rings is 1. The van der Waals surface area contributed by atoms with Gasteiger partial charge in [-0.3, -0.25) is 4.79 Å². The van der Waals surface area contributed by atoms with Crippen LogP contribution in [0.2, 0.25) is 0 Å². The summed E-state index contributed by atoms with van der Waals surface area (Å²) in [5, 5.41) is 4.51. The normalized spacial score (nSPS) is 18.2. The summed E-state index contributed by atoms with van der Waals surface area (Å²) in [5.41, 5.74) is 0.643. The van der Waals surface area contributed by atoms with Gasteiger partial charge < -0.3 is 4.90 Å². The first-order chi connectivity index (χ1) is 12.3. The number of rotatable bonds is 3. The van der Waals surface area contributed by atoms with Crippen LogP contribution in [0.25, 0.3) is 5.69 Å². The number of carbonyl (C=O) groups excluding carboxylic acids is 1. The van der Waals surface area contributed by atoms with E-state index >= 15 is 0 Å². The Morgan fingerprint density at radius 2 is 1.92 bits per heavy atom. The molecule has 1 atom stereocenters. The standard InChI is InChI=1S/C20H28N4O2/c1-20(2,3)13-17(25)23-12-8-9-15(14-23)18-21-22(4)19(26)24(18)16-10-6-5-7-11-16/h5-7,10-11,15H,8-9,12-14H2,1-4H3. The van der Waals surface area contributed by atoms with Gasteiger partial charge >= 0.3 is 5.69 Å². The number of aromatic nitrogens is 3. The summed E-state index contributed by atoms with van der Waals surface area (Å²) < 4.78 is 3.07. The fraction of sp³-hybridized carbons (Fsp3) is 0.550. The van der Waals surface area contributed by atoms with E-state index in [9.17, 15) is 9.59 Å². The van der Waals surface area contributed by atoms with E-state index in [0.717, 1.165) is 30.9 Å². The molecule has 0 spiro atoms. The third-order valence-corrected chi connectivity index (χ3v) is 4.78. The molecular formula is C20H28N4O2. The Morgan fingerprint density at radius 1 is 1.23 bits per heavy atom. The van der Waals surface area contributed by atoms with Gasteiger partial charge in [-0.25, -0.2) is 14.0 Å². The van der Waals surface area contributed by atoms with Crippen molar-refractivity contribution in [3.63, 3.8) is 0 Å². The molecule has 1 aromatic heterocycles. The zero-order valence-electron chi connectivity index (χ0n) is 16.1. The molecule has 2 aromatic rings. The number of amides is 1. The minimum absolute atomic E-state index is 0.0266. The fourth-order valence-electron chi connectivity index (χ4n) is 3.55. The number of para-hydroxylation sites is 1. The van der Waals surface area contributed by atoms with E-state index in [-0.39, 0.29) is 22.9 Å². The van der Waals surface area contributed by atoms with Gasteiger partial charge in [-0.05, 0) is 30.4 Å². The Bertz CT molecular complexity index is 830. The molecule has 26 heavy (non-hydrogen) atoms. The average Bonchev–Trinajstić information content (AvgIpc) is 2.89. The molecule has 1 amide bonds. The van der Waals surface area contributed by atoms with Crippen LogP contribution in [-0.4, -0.2) is 38.2 Å². The second kappa shape index (κ2) is 7.09. The maximum atomic E-state index is 12.6. The maximum absolute atomic E-state index is 12.6. The van der Waals surface area contributed by atoms with Crippen LogP contribution in [0, 0.1) is 5.41 Å². The Labute approximate surface area is 154 Å². The van der Waals surface area contributed by atoms with Gasteiger partial charge in [0.25, 0.3) is 0 Å². The number of aryl methyl sites for hydroxylation is 1. The van der Waals surface area contributed by atoms with E-state index in [1.807, 2.05) is 35.2 Å². The molecule has 3 rings (SSSR count). The van der Waals surface area contributed by atoms with Gasteiger partial charge in [-0.2, -0.15) is 5.10 Å². The molecule has 0 radical (unpaired) electrons. The predicted octanol–water partition coefficient (Wildman–Crippen LogP) is 2.71. The van der Waals surface area contributed by atoms with Crippen LogP contribution in [-0.2, 0) is 11.8 Å². The number of hydrogen-bond acceptors (Lipinski definition) is 3. The van der Waals surface area contributed by atoms with Crippen molar-refractivity contribution in [2.24, 2.45) is 12.5 Å². The number of likely N-dealkylation sites (tertiary alicyclic amines) is 1. The van der Waals surface area contributed by atoms with Gasteiger partial charge in [-0.1, -0.05) is 39.0 Å².